The monoisotopic (exact) mass is 465 g/mol. The average Bonchev–Trinajstić information content (AvgIpc) is 3.00. The molecule has 0 aliphatic carbocycles. The van der Waals surface area contributed by atoms with E-state index in [0.717, 1.165) is 11.8 Å². The van der Waals surface area contributed by atoms with Crippen molar-refractivity contribution in [2.75, 3.05) is 20.4 Å². The number of fused-ring (bicyclic) bond motifs is 1. The van der Waals surface area contributed by atoms with Gasteiger partial charge in [0, 0.05) is 28.9 Å². The fraction of sp³-hybridized carbons (Fsp3) is 0.391. The van der Waals surface area contributed by atoms with E-state index >= 15 is 0 Å². The molecule has 0 bridgehead atoms. The van der Waals surface area contributed by atoms with E-state index in [0.29, 0.717) is 40.5 Å². The van der Waals surface area contributed by atoms with Crippen molar-refractivity contribution in [3.05, 3.63) is 53.0 Å². The van der Waals surface area contributed by atoms with Crippen LogP contribution in [0.4, 0.5) is 17.6 Å². The van der Waals surface area contributed by atoms with Crippen molar-refractivity contribution in [1.29, 1.82) is 0 Å². The number of nitrogens with zero attached hydrogens (tertiary/aromatic N) is 3. The molecular formula is C23H23F4N3O3. The van der Waals surface area contributed by atoms with Gasteiger partial charge in [-0.2, -0.15) is 13.2 Å². The number of hydrogen-bond acceptors (Lipinski definition) is 5. The van der Waals surface area contributed by atoms with E-state index in [1.807, 2.05) is 6.07 Å². The Labute approximate surface area is 187 Å². The van der Waals surface area contributed by atoms with Crippen LogP contribution in [0.5, 0.6) is 5.75 Å². The number of ether oxygens (including phenoxy) is 2. The van der Waals surface area contributed by atoms with Crippen LogP contribution in [0, 0.1) is 6.92 Å². The van der Waals surface area contributed by atoms with Crippen molar-refractivity contribution < 1.29 is 32.1 Å². The average molecular weight is 465 g/mol. The lowest BCUT2D eigenvalue weighted by Gasteiger charge is -2.16. The van der Waals surface area contributed by atoms with Crippen LogP contribution in [-0.2, 0) is 30.5 Å². The third kappa shape index (κ3) is 4.58. The van der Waals surface area contributed by atoms with Gasteiger partial charge in [-0.3, -0.25) is 4.98 Å². The highest BCUT2D eigenvalue weighted by Crippen LogP contribution is 2.39. The fourth-order valence-electron chi connectivity index (χ4n) is 4.08. The van der Waals surface area contributed by atoms with Crippen LogP contribution in [-0.4, -0.2) is 46.1 Å². The Morgan fingerprint density at radius 3 is 2.64 bits per heavy atom. The van der Waals surface area contributed by atoms with Gasteiger partial charge in [-0.1, -0.05) is 6.07 Å². The zero-order valence-corrected chi connectivity index (χ0v) is 18.1. The van der Waals surface area contributed by atoms with Crippen molar-refractivity contribution in [2.24, 2.45) is 0 Å². The molecule has 33 heavy (non-hydrogen) atoms. The number of hydrogen-bond donors (Lipinski definition) is 1. The van der Waals surface area contributed by atoms with E-state index < -0.39 is 24.5 Å². The van der Waals surface area contributed by atoms with Gasteiger partial charge in [0.2, 0.25) is 0 Å². The lowest BCUT2D eigenvalue weighted by Crippen LogP contribution is -2.21. The third-order valence-corrected chi connectivity index (χ3v) is 5.53. The summed E-state index contributed by atoms with van der Waals surface area (Å²) in [6, 6.07) is 7.10. The maximum Gasteiger partial charge on any atom is 0.419 e. The van der Waals surface area contributed by atoms with Crippen LogP contribution in [0.2, 0.25) is 0 Å². The minimum Gasteiger partial charge on any atom is -0.496 e. The molecule has 0 saturated heterocycles. The van der Waals surface area contributed by atoms with E-state index in [-0.39, 0.29) is 25.5 Å². The fourth-order valence-corrected chi connectivity index (χ4v) is 4.08. The summed E-state index contributed by atoms with van der Waals surface area (Å²) in [6.07, 6.45) is -4.83. The molecule has 1 atom stereocenters. The van der Waals surface area contributed by atoms with Crippen LogP contribution in [0.3, 0.4) is 0 Å². The number of methoxy groups -OCH3 is 1. The van der Waals surface area contributed by atoms with Crippen LogP contribution in [0.25, 0.3) is 22.6 Å². The number of aromatic nitrogens is 3. The van der Waals surface area contributed by atoms with Crippen LogP contribution < -0.4 is 4.74 Å². The predicted molar refractivity (Wildman–Crippen MR) is 113 cm³/mol. The summed E-state index contributed by atoms with van der Waals surface area (Å²) in [7, 11) is 1.18. The highest BCUT2D eigenvalue weighted by molar-refractivity contribution is 5.70. The minimum atomic E-state index is -4.57. The molecule has 0 saturated carbocycles. The summed E-state index contributed by atoms with van der Waals surface area (Å²) in [5.74, 6) is 0.0594. The molecule has 0 spiro atoms. The van der Waals surface area contributed by atoms with Crippen LogP contribution in [0.15, 0.2) is 30.3 Å². The Kier molecular flexibility index (Phi) is 6.40. The quantitative estimate of drug-likeness (QED) is 0.568. The number of aliphatic hydroxyl groups excluding tert-OH is 1. The summed E-state index contributed by atoms with van der Waals surface area (Å²) in [5, 5.41) is 9.56. The van der Waals surface area contributed by atoms with E-state index in [9.17, 15) is 22.7 Å². The number of alkyl halides is 4. The molecule has 2 aromatic heterocycles. The van der Waals surface area contributed by atoms with Gasteiger partial charge in [-0.05, 0) is 31.2 Å². The highest BCUT2D eigenvalue weighted by Gasteiger charge is 2.35. The number of benzene rings is 1. The van der Waals surface area contributed by atoms with E-state index in [2.05, 4.69) is 4.98 Å². The predicted octanol–water partition coefficient (Wildman–Crippen LogP) is 4.35. The molecule has 1 aromatic carbocycles. The molecule has 1 aliphatic rings. The smallest absolute Gasteiger partial charge is 0.419 e. The summed E-state index contributed by atoms with van der Waals surface area (Å²) >= 11 is 0. The molecule has 1 unspecified atom stereocenters. The number of halogens is 4. The lowest BCUT2D eigenvalue weighted by atomic mass is 10.1. The Bertz CT molecular complexity index is 1160. The zero-order valence-electron chi connectivity index (χ0n) is 18.1. The molecule has 10 heteroatoms. The van der Waals surface area contributed by atoms with Crippen molar-refractivity contribution in [3.8, 4) is 28.4 Å². The van der Waals surface area contributed by atoms with Crippen LogP contribution >= 0.6 is 0 Å². The van der Waals surface area contributed by atoms with Gasteiger partial charge in [0.15, 0.2) is 0 Å². The van der Waals surface area contributed by atoms with Gasteiger partial charge >= 0.3 is 6.18 Å². The second-order valence-corrected chi connectivity index (χ2v) is 7.80. The first-order chi connectivity index (χ1) is 15.7. The molecule has 0 amide bonds. The third-order valence-electron chi connectivity index (χ3n) is 5.53. The van der Waals surface area contributed by atoms with Crippen molar-refractivity contribution in [3.63, 3.8) is 0 Å². The Morgan fingerprint density at radius 2 is 1.97 bits per heavy atom. The first kappa shape index (κ1) is 23.2. The van der Waals surface area contributed by atoms with Crippen molar-refractivity contribution in [1.82, 2.24) is 14.5 Å². The number of rotatable bonds is 5. The molecule has 4 rings (SSSR count). The number of pyridine rings is 1. The van der Waals surface area contributed by atoms with E-state index in [1.54, 1.807) is 17.6 Å². The van der Waals surface area contributed by atoms with Crippen molar-refractivity contribution in [2.45, 2.75) is 38.8 Å². The molecule has 0 fully saturated rings. The number of aryl methyl sites for hydroxylation is 1. The maximum absolute atomic E-state index is 13.5. The second-order valence-electron chi connectivity index (χ2n) is 7.80. The maximum atomic E-state index is 13.5. The summed E-state index contributed by atoms with van der Waals surface area (Å²) in [6.45, 7) is 1.28. The van der Waals surface area contributed by atoms with Gasteiger partial charge in [0.25, 0.3) is 0 Å². The van der Waals surface area contributed by atoms with Gasteiger partial charge in [-0.25, -0.2) is 9.37 Å². The topological polar surface area (TPSA) is 69.4 Å². The Morgan fingerprint density at radius 1 is 1.18 bits per heavy atom. The first-order valence-electron chi connectivity index (χ1n) is 10.4. The van der Waals surface area contributed by atoms with E-state index in [4.69, 9.17) is 14.5 Å². The first-order valence-corrected chi connectivity index (χ1v) is 10.4. The highest BCUT2D eigenvalue weighted by atomic mass is 19.4. The zero-order chi connectivity index (χ0) is 23.8. The molecule has 6 nitrogen and oxygen atoms in total. The van der Waals surface area contributed by atoms with Crippen molar-refractivity contribution >= 4 is 0 Å². The number of imidazole rings is 1. The summed E-state index contributed by atoms with van der Waals surface area (Å²) in [5.41, 5.74) is 2.73. The van der Waals surface area contributed by atoms with E-state index in [1.165, 1.54) is 19.2 Å². The second kappa shape index (κ2) is 9.11. The molecule has 3 heterocycles. The minimum absolute atomic E-state index is 0.161. The molecule has 176 valence electrons. The van der Waals surface area contributed by atoms with Gasteiger partial charge < -0.3 is 19.1 Å². The summed E-state index contributed by atoms with van der Waals surface area (Å²) in [4.78, 5) is 9.04. The molecule has 3 aromatic rings. The van der Waals surface area contributed by atoms with Gasteiger partial charge in [0.1, 0.15) is 24.4 Å². The Balaban J connectivity index is 1.92. The lowest BCUT2D eigenvalue weighted by molar-refractivity contribution is -0.138. The normalized spacial score (nSPS) is 16.4. The standard InChI is InChI=1S/C23H23F4N3O3/c1-13-7-15(8-16(12-31)28-13)21-19-5-6-33-17(10-24)11-30(19)22(29-21)14-3-4-18(23(25,26)27)20(9-14)32-2/h3-4,7-9,17,31H,5-6,10-12H2,1-2H3. The molecule has 1 N–H and O–H groups in total. The molecule has 0 radical (unpaired) electrons. The van der Waals surface area contributed by atoms with Gasteiger partial charge in [-0.15, -0.1) is 0 Å². The number of aliphatic hydroxyl groups is 1. The Hall–Kier alpha value is -2.98. The van der Waals surface area contributed by atoms with Crippen LogP contribution in [0.1, 0.15) is 22.6 Å². The molecule has 1 aliphatic heterocycles. The summed E-state index contributed by atoms with van der Waals surface area (Å²) < 4.78 is 66.0. The molecular weight excluding hydrogens is 442 g/mol. The largest absolute Gasteiger partial charge is 0.496 e. The SMILES string of the molecule is COc1cc(-c2nc(-c3cc(C)nc(CO)c3)c3n2CC(CF)OCC3)ccc1C(F)(F)F. The van der Waals surface area contributed by atoms with Gasteiger partial charge in [0.05, 0.1) is 43.8 Å².